The van der Waals surface area contributed by atoms with E-state index in [-0.39, 0.29) is 5.75 Å². The number of aromatic hydroxyl groups is 1. The van der Waals surface area contributed by atoms with Gasteiger partial charge in [-0.2, -0.15) is 0 Å². The summed E-state index contributed by atoms with van der Waals surface area (Å²) >= 11 is 0. The fourth-order valence-corrected chi connectivity index (χ4v) is 4.28. The highest BCUT2D eigenvalue weighted by molar-refractivity contribution is 6.71. The summed E-state index contributed by atoms with van der Waals surface area (Å²) in [5, 5.41) is 17.9. The topological polar surface area (TPSA) is 72.3 Å². The van der Waals surface area contributed by atoms with Gasteiger partial charge in [0, 0.05) is 0 Å². The number of hydrogen-bond acceptors (Lipinski definition) is 6. The van der Waals surface area contributed by atoms with Crippen LogP contribution in [0.3, 0.4) is 0 Å². The van der Waals surface area contributed by atoms with Gasteiger partial charge in [0.15, 0.2) is 0 Å². The molecule has 33 heavy (non-hydrogen) atoms. The second-order valence-electron chi connectivity index (χ2n) is 8.07. The summed E-state index contributed by atoms with van der Waals surface area (Å²) in [6.07, 6.45) is 5.21. The van der Waals surface area contributed by atoms with E-state index >= 15 is 0 Å². The van der Waals surface area contributed by atoms with Crippen molar-refractivity contribution in [3.63, 3.8) is 0 Å². The van der Waals surface area contributed by atoms with Crippen LogP contribution in [0.25, 0.3) is 21.5 Å². The van der Waals surface area contributed by atoms with Crippen molar-refractivity contribution < 1.29 is 19.1 Å². The van der Waals surface area contributed by atoms with Gasteiger partial charge >= 0.3 is 6.75 Å². The summed E-state index contributed by atoms with van der Waals surface area (Å²) in [6, 6.07) is 23.4. The van der Waals surface area contributed by atoms with Crippen LogP contribution in [0.5, 0.6) is 11.5 Å². The van der Waals surface area contributed by atoms with Crippen LogP contribution < -0.4 is 9.97 Å². The van der Waals surface area contributed by atoms with Crippen molar-refractivity contribution in [3.05, 3.63) is 96.3 Å². The Labute approximate surface area is 190 Å². The first-order valence-corrected chi connectivity index (χ1v) is 10.7. The summed E-state index contributed by atoms with van der Waals surface area (Å²) in [7, 11) is 1.55. The highest BCUT2D eigenvalue weighted by Crippen LogP contribution is 2.41. The quantitative estimate of drug-likeness (QED) is 0.313. The van der Waals surface area contributed by atoms with E-state index in [1.54, 1.807) is 25.5 Å². The zero-order valence-corrected chi connectivity index (χ0v) is 17.9. The molecule has 0 aromatic heterocycles. The Kier molecular flexibility index (Phi) is 4.38. The minimum atomic E-state index is -2.26. The molecule has 6 nitrogen and oxygen atoms in total. The van der Waals surface area contributed by atoms with E-state index in [4.69, 9.17) is 14.0 Å². The van der Waals surface area contributed by atoms with Gasteiger partial charge in [-0.3, -0.25) is 0 Å². The molecule has 0 radical (unpaired) electrons. The number of rotatable bonds is 3. The van der Waals surface area contributed by atoms with Crippen molar-refractivity contribution in [1.29, 1.82) is 0 Å². The van der Waals surface area contributed by atoms with Gasteiger partial charge in [0.05, 0.1) is 23.4 Å². The predicted octanol–water partition coefficient (Wildman–Crippen LogP) is 5.83. The van der Waals surface area contributed by atoms with E-state index < -0.39 is 6.75 Å². The third-order valence-corrected chi connectivity index (χ3v) is 5.99. The molecule has 1 atom stereocenters. The van der Waals surface area contributed by atoms with E-state index in [2.05, 4.69) is 16.4 Å². The summed E-state index contributed by atoms with van der Waals surface area (Å²) < 4.78 is 18.2. The Hall–Kier alpha value is -4.23. The molecule has 0 spiro atoms. The van der Waals surface area contributed by atoms with Crippen LogP contribution in [-0.4, -0.2) is 25.2 Å². The second-order valence-corrected chi connectivity index (χ2v) is 8.07. The number of hydrogen-bond donors (Lipinski definition) is 2. The van der Waals surface area contributed by atoms with E-state index in [9.17, 15) is 5.11 Å². The third-order valence-electron chi connectivity index (χ3n) is 5.99. The average Bonchev–Trinajstić information content (AvgIpc) is 2.84. The van der Waals surface area contributed by atoms with Crippen molar-refractivity contribution in [1.82, 2.24) is 0 Å². The molecule has 0 amide bonds. The van der Waals surface area contributed by atoms with E-state index in [0.29, 0.717) is 22.8 Å². The maximum absolute atomic E-state index is 10.4. The van der Waals surface area contributed by atoms with Crippen LogP contribution in [0.2, 0.25) is 0 Å². The lowest BCUT2D eigenvalue weighted by Gasteiger charge is -2.48. The summed E-state index contributed by atoms with van der Waals surface area (Å²) in [4.78, 5) is 4.45. The van der Waals surface area contributed by atoms with E-state index in [1.165, 1.54) is 0 Å². The molecule has 2 heterocycles. The molecule has 162 valence electrons. The molecule has 0 fully saturated rings. The highest BCUT2D eigenvalue weighted by Gasteiger charge is 2.43. The van der Waals surface area contributed by atoms with Crippen LogP contribution >= 0.6 is 0 Å². The monoisotopic (exact) mass is 435 g/mol. The molecule has 1 unspecified atom stereocenters. The minimum Gasteiger partial charge on any atom is -0.654 e. The van der Waals surface area contributed by atoms with Gasteiger partial charge in [-0.25, -0.2) is 4.99 Å². The number of fused-ring (bicyclic) bond motifs is 4. The Morgan fingerprint density at radius 1 is 0.879 bits per heavy atom. The van der Waals surface area contributed by atoms with Gasteiger partial charge in [-0.15, -0.1) is 0 Å². The van der Waals surface area contributed by atoms with Gasteiger partial charge in [-0.1, -0.05) is 54.6 Å². The number of phenolic OH excluding ortho intramolecular Hbond substituents is 1. The van der Waals surface area contributed by atoms with Crippen molar-refractivity contribution in [3.8, 4) is 11.5 Å². The molecule has 6 rings (SSSR count). The van der Waals surface area contributed by atoms with Crippen LogP contribution in [-0.2, 0) is 9.31 Å². The van der Waals surface area contributed by atoms with Gasteiger partial charge < -0.3 is 24.4 Å². The first-order chi connectivity index (χ1) is 16.1. The fraction of sp³-hybridized carbons (Fsp3) is 0.0385. The first-order valence-electron chi connectivity index (χ1n) is 10.7. The van der Waals surface area contributed by atoms with Crippen molar-refractivity contribution in [2.24, 2.45) is 4.99 Å². The average molecular weight is 435 g/mol. The molecule has 2 N–H and O–H groups in total. The normalized spacial score (nSPS) is 19.2. The summed E-state index contributed by atoms with van der Waals surface area (Å²) in [5.41, 5.74) is 1.99. The molecule has 0 bridgehead atoms. The number of nitrogens with one attached hydrogen (secondary N) is 1. The molecule has 0 saturated heterocycles. The molecule has 0 aliphatic carbocycles. The first kappa shape index (κ1) is 19.5. The van der Waals surface area contributed by atoms with Crippen LogP contribution in [0.15, 0.2) is 101 Å². The SMILES string of the molecule is CO[B-]12OC(C=Nc3cc4ccccc4cc3O)=CC=C1Nc1cc3ccccc3cc1O2. The van der Waals surface area contributed by atoms with E-state index in [1.807, 2.05) is 66.7 Å². The second kappa shape index (κ2) is 7.43. The lowest BCUT2D eigenvalue weighted by atomic mass is 9.70. The Balaban J connectivity index is 1.33. The molecule has 2 aliphatic rings. The Bertz CT molecular complexity index is 1510. The van der Waals surface area contributed by atoms with Crippen LogP contribution in [0.1, 0.15) is 0 Å². The number of aliphatic imine (C=N–C) groups is 1. The van der Waals surface area contributed by atoms with E-state index in [0.717, 1.165) is 27.2 Å². The number of nitrogens with zero attached hydrogens (tertiary/aromatic N) is 1. The lowest BCUT2D eigenvalue weighted by molar-refractivity contribution is 0.183. The molecule has 2 aliphatic heterocycles. The van der Waals surface area contributed by atoms with Crippen LogP contribution in [0, 0.1) is 0 Å². The largest absolute Gasteiger partial charge is 0.654 e. The third kappa shape index (κ3) is 3.30. The summed E-state index contributed by atoms with van der Waals surface area (Å²) in [6.45, 7) is -2.26. The fourth-order valence-electron chi connectivity index (χ4n) is 4.28. The number of phenols is 1. The minimum absolute atomic E-state index is 0.0981. The zero-order valence-electron chi connectivity index (χ0n) is 17.9. The maximum atomic E-state index is 10.4. The highest BCUT2D eigenvalue weighted by atomic mass is 16.8. The van der Waals surface area contributed by atoms with Gasteiger partial charge in [0.1, 0.15) is 11.4 Å². The molecule has 4 aromatic rings. The van der Waals surface area contributed by atoms with Gasteiger partial charge in [0.25, 0.3) is 0 Å². The molecule has 0 saturated carbocycles. The number of anilines is 1. The lowest BCUT2D eigenvalue weighted by Crippen LogP contribution is -2.55. The molecular weight excluding hydrogens is 415 g/mol. The standard InChI is InChI=1S/C26H20BN2O4/c1-31-27-26(29-23-13-18-7-3-5-9-20(18)15-25(23)33-27)11-10-21(32-27)16-28-22-12-17-6-2-4-8-19(17)14-24(22)30/h2-16,29-30H,1H3/q-1. The smallest absolute Gasteiger partial charge is 0.538 e. The van der Waals surface area contributed by atoms with Crippen LogP contribution in [0.4, 0.5) is 11.4 Å². The number of allylic oxidation sites excluding steroid dienone is 3. The zero-order chi connectivity index (χ0) is 22.4. The molecular formula is C26H20BN2O4-. The maximum Gasteiger partial charge on any atom is 0.538 e. The van der Waals surface area contributed by atoms with Crippen molar-refractivity contribution in [2.75, 3.05) is 12.4 Å². The van der Waals surface area contributed by atoms with Gasteiger partial charge in [-0.05, 0) is 64.6 Å². The predicted molar refractivity (Wildman–Crippen MR) is 132 cm³/mol. The molecule has 7 heteroatoms. The number of benzene rings is 4. The molecule has 4 aromatic carbocycles. The Morgan fingerprint density at radius 3 is 2.27 bits per heavy atom. The van der Waals surface area contributed by atoms with Crippen molar-refractivity contribution >= 4 is 45.9 Å². The Morgan fingerprint density at radius 2 is 1.55 bits per heavy atom. The van der Waals surface area contributed by atoms with Crippen molar-refractivity contribution in [2.45, 2.75) is 0 Å². The van der Waals surface area contributed by atoms with Gasteiger partial charge in [0.2, 0.25) is 0 Å². The summed E-state index contributed by atoms with van der Waals surface area (Å²) in [5.74, 6) is 1.21.